The first-order chi connectivity index (χ1) is 8.18. The molecule has 0 spiro atoms. The fourth-order valence-corrected chi connectivity index (χ4v) is 3.02. The van der Waals surface area contributed by atoms with Gasteiger partial charge in [0.15, 0.2) is 0 Å². The van der Waals surface area contributed by atoms with Gasteiger partial charge in [-0.3, -0.25) is 4.79 Å². The molecule has 1 saturated heterocycles. The van der Waals surface area contributed by atoms with Crippen LogP contribution in [0, 0.1) is 17.8 Å². The molecule has 0 bridgehead atoms. The Hall–Kier alpha value is -0.570. The lowest BCUT2D eigenvalue weighted by atomic mass is 9.78. The van der Waals surface area contributed by atoms with E-state index in [1.165, 1.54) is 32.1 Å². The minimum atomic E-state index is 0.219. The molecular formula is C14H26N2O. The summed E-state index contributed by atoms with van der Waals surface area (Å²) in [6.45, 7) is 6.19. The van der Waals surface area contributed by atoms with Gasteiger partial charge in [-0.1, -0.05) is 39.0 Å². The molecule has 2 unspecified atom stereocenters. The highest BCUT2D eigenvalue weighted by Gasteiger charge is 2.29. The number of carbonyl (C=O) groups is 1. The predicted octanol–water partition coefficient (Wildman–Crippen LogP) is 1.93. The van der Waals surface area contributed by atoms with Crippen molar-refractivity contribution < 1.29 is 4.79 Å². The SMILES string of the molecule is CC(NC(=O)C1CNC1)C(C)C1CCCCC1. The molecule has 3 heteroatoms. The molecule has 1 amide bonds. The van der Waals surface area contributed by atoms with E-state index in [2.05, 4.69) is 24.5 Å². The molecule has 2 atom stereocenters. The first-order valence-electron chi connectivity index (χ1n) is 7.19. The summed E-state index contributed by atoms with van der Waals surface area (Å²) in [4.78, 5) is 11.9. The van der Waals surface area contributed by atoms with E-state index in [-0.39, 0.29) is 11.8 Å². The maximum absolute atomic E-state index is 11.9. The van der Waals surface area contributed by atoms with Crippen molar-refractivity contribution in [2.45, 2.75) is 52.0 Å². The summed E-state index contributed by atoms with van der Waals surface area (Å²) in [6, 6.07) is 0.325. The molecule has 17 heavy (non-hydrogen) atoms. The Labute approximate surface area is 105 Å². The monoisotopic (exact) mass is 238 g/mol. The van der Waals surface area contributed by atoms with Gasteiger partial charge in [0.05, 0.1) is 5.92 Å². The molecule has 0 aromatic carbocycles. The van der Waals surface area contributed by atoms with Crippen LogP contribution in [0.15, 0.2) is 0 Å². The molecule has 0 radical (unpaired) electrons. The zero-order valence-electron chi connectivity index (χ0n) is 11.2. The molecular weight excluding hydrogens is 212 g/mol. The summed E-state index contributed by atoms with van der Waals surface area (Å²) < 4.78 is 0. The van der Waals surface area contributed by atoms with Crippen LogP contribution < -0.4 is 10.6 Å². The third kappa shape index (κ3) is 3.21. The van der Waals surface area contributed by atoms with Crippen molar-refractivity contribution >= 4 is 5.91 Å². The van der Waals surface area contributed by atoms with Crippen LogP contribution in [0.3, 0.4) is 0 Å². The maximum atomic E-state index is 11.9. The molecule has 98 valence electrons. The molecule has 2 N–H and O–H groups in total. The van der Waals surface area contributed by atoms with Crippen molar-refractivity contribution in [3.63, 3.8) is 0 Å². The van der Waals surface area contributed by atoms with Crippen LogP contribution in [0.4, 0.5) is 0 Å². The number of hydrogen-bond acceptors (Lipinski definition) is 2. The topological polar surface area (TPSA) is 41.1 Å². The first kappa shape index (κ1) is 12.9. The van der Waals surface area contributed by atoms with Gasteiger partial charge in [0, 0.05) is 19.1 Å². The number of nitrogens with one attached hydrogen (secondary N) is 2. The molecule has 1 saturated carbocycles. The van der Waals surface area contributed by atoms with Gasteiger partial charge in [0.1, 0.15) is 0 Å². The normalized spacial score (nSPS) is 26.0. The van der Waals surface area contributed by atoms with E-state index in [1.807, 2.05) is 0 Å². The Balaban J connectivity index is 1.77. The Morgan fingerprint density at radius 1 is 1.18 bits per heavy atom. The zero-order chi connectivity index (χ0) is 12.3. The minimum absolute atomic E-state index is 0.219. The smallest absolute Gasteiger partial charge is 0.225 e. The summed E-state index contributed by atoms with van der Waals surface area (Å²) in [5, 5.41) is 6.35. The first-order valence-corrected chi connectivity index (χ1v) is 7.19. The van der Waals surface area contributed by atoms with Crippen molar-refractivity contribution in [3.8, 4) is 0 Å². The quantitative estimate of drug-likeness (QED) is 0.786. The Kier molecular flexibility index (Phi) is 4.43. The third-order valence-electron chi connectivity index (χ3n) is 4.70. The van der Waals surface area contributed by atoms with Crippen molar-refractivity contribution in [3.05, 3.63) is 0 Å². The summed E-state index contributed by atoms with van der Waals surface area (Å²) >= 11 is 0. The second-order valence-corrected chi connectivity index (χ2v) is 5.91. The van der Waals surface area contributed by atoms with E-state index >= 15 is 0 Å². The molecule has 1 aliphatic heterocycles. The number of carbonyl (C=O) groups excluding carboxylic acids is 1. The number of amides is 1. The van der Waals surface area contributed by atoms with Gasteiger partial charge in [-0.25, -0.2) is 0 Å². The molecule has 2 aliphatic rings. The lowest BCUT2D eigenvalue weighted by Crippen LogP contribution is -2.53. The van der Waals surface area contributed by atoms with Crippen LogP contribution in [0.2, 0.25) is 0 Å². The third-order valence-corrected chi connectivity index (χ3v) is 4.70. The summed E-state index contributed by atoms with van der Waals surface area (Å²) in [6.07, 6.45) is 6.86. The highest BCUT2D eigenvalue weighted by molar-refractivity contribution is 5.80. The minimum Gasteiger partial charge on any atom is -0.353 e. The van der Waals surface area contributed by atoms with Crippen LogP contribution in [-0.4, -0.2) is 25.0 Å². The average molecular weight is 238 g/mol. The second kappa shape index (κ2) is 5.85. The van der Waals surface area contributed by atoms with E-state index in [0.717, 1.165) is 19.0 Å². The molecule has 0 aromatic rings. The fourth-order valence-electron chi connectivity index (χ4n) is 3.02. The Bertz CT molecular complexity index is 257. The summed E-state index contributed by atoms with van der Waals surface area (Å²) in [5.74, 6) is 1.90. The maximum Gasteiger partial charge on any atom is 0.225 e. The van der Waals surface area contributed by atoms with Crippen LogP contribution in [0.25, 0.3) is 0 Å². The number of rotatable bonds is 4. The predicted molar refractivity (Wildman–Crippen MR) is 69.7 cm³/mol. The standard InChI is InChI=1S/C14H26N2O/c1-10(12-6-4-3-5-7-12)11(2)16-14(17)13-8-15-9-13/h10-13,15H,3-9H2,1-2H3,(H,16,17). The molecule has 2 fully saturated rings. The van der Waals surface area contributed by atoms with E-state index in [9.17, 15) is 4.79 Å². The average Bonchev–Trinajstić information content (AvgIpc) is 2.26. The van der Waals surface area contributed by atoms with Crippen LogP contribution in [0.1, 0.15) is 46.0 Å². The summed E-state index contributed by atoms with van der Waals surface area (Å²) in [7, 11) is 0. The van der Waals surface area contributed by atoms with Gasteiger partial charge < -0.3 is 10.6 Å². The molecule has 3 nitrogen and oxygen atoms in total. The van der Waals surface area contributed by atoms with Crippen molar-refractivity contribution in [1.29, 1.82) is 0 Å². The largest absolute Gasteiger partial charge is 0.353 e. The molecule has 1 aliphatic carbocycles. The molecule has 1 heterocycles. The highest BCUT2D eigenvalue weighted by atomic mass is 16.2. The van der Waals surface area contributed by atoms with E-state index < -0.39 is 0 Å². The lowest BCUT2D eigenvalue weighted by molar-refractivity contribution is -0.127. The van der Waals surface area contributed by atoms with Crippen molar-refractivity contribution in [1.82, 2.24) is 10.6 Å². The molecule has 2 rings (SSSR count). The van der Waals surface area contributed by atoms with Gasteiger partial charge >= 0.3 is 0 Å². The van der Waals surface area contributed by atoms with Gasteiger partial charge in [-0.05, 0) is 18.8 Å². The molecule has 0 aromatic heterocycles. The van der Waals surface area contributed by atoms with Crippen molar-refractivity contribution in [2.24, 2.45) is 17.8 Å². The van der Waals surface area contributed by atoms with Crippen LogP contribution in [-0.2, 0) is 4.79 Å². The van der Waals surface area contributed by atoms with Gasteiger partial charge in [0.25, 0.3) is 0 Å². The lowest BCUT2D eigenvalue weighted by Gasteiger charge is -2.34. The summed E-state index contributed by atoms with van der Waals surface area (Å²) in [5.41, 5.74) is 0. The van der Waals surface area contributed by atoms with Gasteiger partial charge in [-0.15, -0.1) is 0 Å². The Morgan fingerprint density at radius 3 is 2.35 bits per heavy atom. The van der Waals surface area contributed by atoms with Crippen LogP contribution >= 0.6 is 0 Å². The van der Waals surface area contributed by atoms with Gasteiger partial charge in [0.2, 0.25) is 5.91 Å². The van der Waals surface area contributed by atoms with E-state index in [4.69, 9.17) is 0 Å². The van der Waals surface area contributed by atoms with E-state index in [0.29, 0.717) is 12.0 Å². The second-order valence-electron chi connectivity index (χ2n) is 5.91. The van der Waals surface area contributed by atoms with Crippen molar-refractivity contribution in [2.75, 3.05) is 13.1 Å². The van der Waals surface area contributed by atoms with E-state index in [1.54, 1.807) is 0 Å². The van der Waals surface area contributed by atoms with Gasteiger partial charge in [-0.2, -0.15) is 0 Å². The number of hydrogen-bond donors (Lipinski definition) is 2. The zero-order valence-corrected chi connectivity index (χ0v) is 11.2. The Morgan fingerprint density at radius 2 is 1.82 bits per heavy atom. The fraction of sp³-hybridized carbons (Fsp3) is 0.929. The van der Waals surface area contributed by atoms with Crippen LogP contribution in [0.5, 0.6) is 0 Å². The highest BCUT2D eigenvalue weighted by Crippen LogP contribution is 2.31.